The molecule has 0 fully saturated rings. The third-order valence-electron chi connectivity index (χ3n) is 5.52. The first kappa shape index (κ1) is 22.0. The van der Waals surface area contributed by atoms with E-state index in [2.05, 4.69) is 0 Å². The molecular weight excluding hydrogens is 445 g/mol. The second-order valence-corrected chi connectivity index (χ2v) is 8.88. The van der Waals surface area contributed by atoms with Crippen molar-refractivity contribution >= 4 is 15.8 Å². The van der Waals surface area contributed by atoms with E-state index in [4.69, 9.17) is 15.6 Å². The number of methoxy groups -OCH3 is 1. The number of halogens is 3. The van der Waals surface area contributed by atoms with E-state index in [1.165, 1.54) is 61.7 Å². The lowest BCUT2D eigenvalue weighted by molar-refractivity contribution is -0.137. The molecule has 1 unspecified atom stereocenters. The molecule has 1 aliphatic rings. The lowest BCUT2D eigenvalue weighted by Crippen LogP contribution is -2.54. The van der Waals surface area contributed by atoms with Crippen molar-refractivity contribution in [3.63, 3.8) is 0 Å². The summed E-state index contributed by atoms with van der Waals surface area (Å²) in [5.74, 6) is -0.553. The van der Waals surface area contributed by atoms with Gasteiger partial charge in [0.25, 0.3) is 0 Å². The number of ether oxygens (including phenoxy) is 1. The summed E-state index contributed by atoms with van der Waals surface area (Å²) in [6, 6.07) is 13.2. The molecule has 1 atom stereocenters. The van der Waals surface area contributed by atoms with Crippen LogP contribution in [0.5, 0.6) is 5.75 Å². The number of fused-ring (bicyclic) bond motifs is 1. The van der Waals surface area contributed by atoms with E-state index < -0.39 is 33.1 Å². The van der Waals surface area contributed by atoms with Crippen LogP contribution in [0.3, 0.4) is 0 Å². The van der Waals surface area contributed by atoms with Gasteiger partial charge < -0.3 is 10.5 Å². The van der Waals surface area contributed by atoms with Gasteiger partial charge in [0.2, 0.25) is 10.0 Å². The number of hydrogen-bond acceptors (Lipinski definition) is 5. The highest BCUT2D eigenvalue weighted by atomic mass is 32.2. The Morgan fingerprint density at radius 2 is 1.66 bits per heavy atom. The lowest BCUT2D eigenvalue weighted by atomic mass is 9.65. The zero-order valence-electron chi connectivity index (χ0n) is 16.6. The first-order valence-electron chi connectivity index (χ1n) is 9.25. The van der Waals surface area contributed by atoms with Gasteiger partial charge in [0.1, 0.15) is 16.2 Å². The van der Waals surface area contributed by atoms with Crippen LogP contribution in [-0.2, 0) is 21.7 Å². The number of carbonyl (C=O) groups excluding carboxylic acids is 1. The molecule has 6 nitrogen and oxygen atoms in total. The molecule has 0 radical (unpaired) electrons. The molecule has 4 rings (SSSR count). The van der Waals surface area contributed by atoms with Crippen LogP contribution in [-0.4, -0.2) is 21.3 Å². The molecule has 10 heteroatoms. The zero-order valence-corrected chi connectivity index (χ0v) is 17.4. The Morgan fingerprint density at radius 3 is 2.28 bits per heavy atom. The number of rotatable bonds is 4. The quantitative estimate of drug-likeness (QED) is 0.617. The van der Waals surface area contributed by atoms with Crippen LogP contribution in [0.2, 0.25) is 0 Å². The molecule has 0 spiro atoms. The number of sulfonamides is 1. The van der Waals surface area contributed by atoms with E-state index in [-0.39, 0.29) is 32.9 Å². The normalized spacial score (nSPS) is 18.1. The summed E-state index contributed by atoms with van der Waals surface area (Å²) in [5.41, 5.74) is 4.95. The van der Waals surface area contributed by atoms with Crippen LogP contribution in [0.15, 0.2) is 65.6 Å². The second-order valence-electron chi connectivity index (χ2n) is 7.35. The van der Waals surface area contributed by atoms with Crippen molar-refractivity contribution in [2.45, 2.75) is 16.6 Å². The summed E-state index contributed by atoms with van der Waals surface area (Å²) in [6.07, 6.45) is -4.56. The Hall–Kier alpha value is -3.21. The van der Waals surface area contributed by atoms with Crippen molar-refractivity contribution in [3.05, 3.63) is 82.9 Å². The van der Waals surface area contributed by atoms with Gasteiger partial charge in [0, 0.05) is 5.56 Å². The molecule has 0 amide bonds. The maximum Gasteiger partial charge on any atom is 0.417 e. The average Bonchev–Trinajstić information content (AvgIpc) is 2.76. The smallest absolute Gasteiger partial charge is 0.417 e. The van der Waals surface area contributed by atoms with Gasteiger partial charge in [-0.1, -0.05) is 36.4 Å². The van der Waals surface area contributed by atoms with Crippen LogP contribution < -0.4 is 15.6 Å². The molecule has 0 bridgehead atoms. The standard InChI is InChI=1S/C22H17F3N2O4S/c1-31-18-11-13(7-9-19(18)32(27,29)30)21(26)17-10-12(6-8-15(17)20(21)28)14-4-2-3-5-16(14)22(23,24)25/h2-11H,26H2,1H3,(H2,27,29,30). The van der Waals surface area contributed by atoms with Crippen LogP contribution in [0, 0.1) is 0 Å². The van der Waals surface area contributed by atoms with Gasteiger partial charge >= 0.3 is 6.18 Å². The first-order chi connectivity index (χ1) is 14.9. The predicted octanol–water partition coefficient (Wildman–Crippen LogP) is 3.43. The second kappa shape index (κ2) is 7.16. The van der Waals surface area contributed by atoms with Gasteiger partial charge in [0.15, 0.2) is 5.78 Å². The Morgan fingerprint density at radius 1 is 0.969 bits per heavy atom. The number of Topliss-reactive ketones (excluding diaryl/α,β-unsaturated/α-hetero) is 1. The Labute approximate surface area is 181 Å². The number of carbonyl (C=O) groups is 1. The molecule has 32 heavy (non-hydrogen) atoms. The van der Waals surface area contributed by atoms with Crippen LogP contribution in [0.1, 0.15) is 27.0 Å². The summed E-state index contributed by atoms with van der Waals surface area (Å²) < 4.78 is 69.0. The largest absolute Gasteiger partial charge is 0.495 e. The Kier molecular flexibility index (Phi) is 4.92. The van der Waals surface area contributed by atoms with Crippen LogP contribution in [0.4, 0.5) is 13.2 Å². The Bertz CT molecular complexity index is 1370. The van der Waals surface area contributed by atoms with E-state index in [0.29, 0.717) is 5.56 Å². The molecule has 3 aromatic rings. The maximum absolute atomic E-state index is 13.5. The molecule has 1 aliphatic carbocycles. The fraction of sp³-hybridized carbons (Fsp3) is 0.136. The summed E-state index contributed by atoms with van der Waals surface area (Å²) in [5, 5.41) is 5.18. The number of primary sulfonamides is 1. The summed E-state index contributed by atoms with van der Waals surface area (Å²) in [4.78, 5) is 12.6. The third kappa shape index (κ3) is 3.27. The van der Waals surface area contributed by atoms with Crippen LogP contribution >= 0.6 is 0 Å². The fourth-order valence-corrected chi connectivity index (χ4v) is 4.61. The molecule has 166 valence electrons. The van der Waals surface area contributed by atoms with Crippen molar-refractivity contribution < 1.29 is 31.1 Å². The van der Waals surface area contributed by atoms with E-state index in [1.807, 2.05) is 0 Å². The van der Waals surface area contributed by atoms with Gasteiger partial charge in [-0.2, -0.15) is 13.2 Å². The minimum atomic E-state index is -4.56. The summed E-state index contributed by atoms with van der Waals surface area (Å²) >= 11 is 0. The van der Waals surface area contributed by atoms with Crippen LogP contribution in [0.25, 0.3) is 11.1 Å². The molecule has 0 heterocycles. The first-order valence-corrected chi connectivity index (χ1v) is 10.8. The Balaban J connectivity index is 1.86. The molecule has 4 N–H and O–H groups in total. The number of nitrogens with two attached hydrogens (primary N) is 2. The van der Waals surface area contributed by atoms with Gasteiger partial charge in [-0.15, -0.1) is 0 Å². The molecule has 3 aromatic carbocycles. The third-order valence-corrected chi connectivity index (χ3v) is 6.47. The summed E-state index contributed by atoms with van der Waals surface area (Å²) in [6.45, 7) is 0. The topological polar surface area (TPSA) is 112 Å². The molecule has 0 saturated carbocycles. The average molecular weight is 462 g/mol. The predicted molar refractivity (Wildman–Crippen MR) is 111 cm³/mol. The molecule has 0 aliphatic heterocycles. The van der Waals surface area contributed by atoms with Crippen molar-refractivity contribution in [3.8, 4) is 16.9 Å². The lowest BCUT2D eigenvalue weighted by Gasteiger charge is -2.40. The van der Waals surface area contributed by atoms with Gasteiger partial charge in [-0.05, 0) is 46.5 Å². The van der Waals surface area contributed by atoms with E-state index >= 15 is 0 Å². The number of ketones is 1. The van der Waals surface area contributed by atoms with Crippen molar-refractivity contribution in [2.75, 3.05) is 7.11 Å². The molecular formula is C22H17F3N2O4S. The number of hydrogen-bond donors (Lipinski definition) is 2. The van der Waals surface area contributed by atoms with E-state index in [9.17, 15) is 26.4 Å². The van der Waals surface area contributed by atoms with E-state index in [1.54, 1.807) is 0 Å². The highest BCUT2D eigenvalue weighted by Gasteiger charge is 2.50. The summed E-state index contributed by atoms with van der Waals surface area (Å²) in [7, 11) is -2.85. The minimum absolute atomic E-state index is 0.0494. The highest BCUT2D eigenvalue weighted by Crippen LogP contribution is 2.46. The van der Waals surface area contributed by atoms with Gasteiger partial charge in [-0.25, -0.2) is 13.6 Å². The molecule has 0 saturated heterocycles. The highest BCUT2D eigenvalue weighted by molar-refractivity contribution is 7.89. The van der Waals surface area contributed by atoms with Crippen molar-refractivity contribution in [1.82, 2.24) is 0 Å². The van der Waals surface area contributed by atoms with Crippen molar-refractivity contribution in [1.29, 1.82) is 0 Å². The zero-order chi connectivity index (χ0) is 23.5. The van der Waals surface area contributed by atoms with Crippen molar-refractivity contribution in [2.24, 2.45) is 10.9 Å². The minimum Gasteiger partial charge on any atom is -0.495 e. The maximum atomic E-state index is 13.5. The SMILES string of the molecule is COc1cc(C2(N)C(=O)c3ccc(-c4ccccc4C(F)(F)F)cc32)ccc1S(N)(=O)=O. The van der Waals surface area contributed by atoms with Gasteiger partial charge in [-0.3, -0.25) is 4.79 Å². The number of alkyl halides is 3. The monoisotopic (exact) mass is 462 g/mol. The number of benzene rings is 3. The molecule has 0 aromatic heterocycles. The van der Waals surface area contributed by atoms with Gasteiger partial charge in [0.05, 0.1) is 12.7 Å². The fourth-order valence-electron chi connectivity index (χ4n) is 3.92. The van der Waals surface area contributed by atoms with E-state index in [0.717, 1.165) is 6.07 Å².